The predicted molar refractivity (Wildman–Crippen MR) is 51.1 cm³/mol. The molecule has 0 aliphatic heterocycles. The van der Waals surface area contributed by atoms with E-state index >= 15 is 0 Å². The van der Waals surface area contributed by atoms with Gasteiger partial charge in [0, 0.05) is 12.2 Å². The van der Waals surface area contributed by atoms with Gasteiger partial charge in [-0.25, -0.2) is 0 Å². The van der Waals surface area contributed by atoms with Crippen molar-refractivity contribution in [1.82, 2.24) is 4.90 Å². The van der Waals surface area contributed by atoms with Crippen LogP contribution in [0.15, 0.2) is 36.7 Å². The maximum absolute atomic E-state index is 3.70. The van der Waals surface area contributed by atoms with E-state index in [4.69, 9.17) is 0 Å². The first-order valence-electron chi connectivity index (χ1n) is 3.89. The molecule has 0 spiro atoms. The van der Waals surface area contributed by atoms with Crippen molar-refractivity contribution in [3.63, 3.8) is 0 Å². The van der Waals surface area contributed by atoms with E-state index in [1.165, 1.54) is 5.70 Å². The summed E-state index contributed by atoms with van der Waals surface area (Å²) in [5.41, 5.74) is 1.25. The van der Waals surface area contributed by atoms with Gasteiger partial charge in [-0.2, -0.15) is 0 Å². The van der Waals surface area contributed by atoms with Crippen LogP contribution < -0.4 is 0 Å². The van der Waals surface area contributed by atoms with E-state index in [2.05, 4.69) is 30.7 Å². The SMILES string of the molecule is C=CCN(C=CC)C(C)=CC. The Balaban J connectivity index is 4.20. The van der Waals surface area contributed by atoms with E-state index in [1.54, 1.807) is 0 Å². The Hall–Kier alpha value is -0.980. The molecule has 0 saturated carbocycles. The zero-order valence-corrected chi connectivity index (χ0v) is 7.67. The highest BCUT2D eigenvalue weighted by molar-refractivity contribution is 5.02. The van der Waals surface area contributed by atoms with Crippen LogP contribution in [0.2, 0.25) is 0 Å². The highest BCUT2D eigenvalue weighted by Gasteiger charge is 1.95. The maximum Gasteiger partial charge on any atom is 0.0400 e. The monoisotopic (exact) mass is 151 g/mol. The molecular formula is C10H17N. The highest BCUT2D eigenvalue weighted by Crippen LogP contribution is 2.03. The van der Waals surface area contributed by atoms with Crippen LogP contribution in [0, 0.1) is 0 Å². The van der Waals surface area contributed by atoms with E-state index in [-0.39, 0.29) is 0 Å². The smallest absolute Gasteiger partial charge is 0.0400 e. The molecule has 0 fully saturated rings. The highest BCUT2D eigenvalue weighted by atomic mass is 15.1. The molecule has 11 heavy (non-hydrogen) atoms. The summed E-state index contributed by atoms with van der Waals surface area (Å²) < 4.78 is 0. The van der Waals surface area contributed by atoms with Crippen molar-refractivity contribution < 1.29 is 0 Å². The Kier molecular flexibility index (Phi) is 5.26. The first kappa shape index (κ1) is 10.0. The van der Waals surface area contributed by atoms with E-state index < -0.39 is 0 Å². The van der Waals surface area contributed by atoms with Crippen LogP contribution in [0.4, 0.5) is 0 Å². The van der Waals surface area contributed by atoms with Gasteiger partial charge in [0.25, 0.3) is 0 Å². The van der Waals surface area contributed by atoms with Crippen molar-refractivity contribution >= 4 is 0 Å². The van der Waals surface area contributed by atoms with Gasteiger partial charge in [-0.3, -0.25) is 0 Å². The van der Waals surface area contributed by atoms with Crippen molar-refractivity contribution in [3.8, 4) is 0 Å². The molecule has 0 aromatic carbocycles. The minimum Gasteiger partial charge on any atom is -0.349 e. The minimum absolute atomic E-state index is 0.876. The molecule has 1 heteroatoms. The van der Waals surface area contributed by atoms with Crippen LogP contribution in [0.1, 0.15) is 20.8 Å². The summed E-state index contributed by atoms with van der Waals surface area (Å²) in [4.78, 5) is 2.15. The van der Waals surface area contributed by atoms with Crippen LogP contribution in [0.25, 0.3) is 0 Å². The Morgan fingerprint density at radius 3 is 2.45 bits per heavy atom. The lowest BCUT2D eigenvalue weighted by Crippen LogP contribution is -2.13. The van der Waals surface area contributed by atoms with Gasteiger partial charge in [0.05, 0.1) is 0 Å². The molecule has 0 aromatic heterocycles. The fourth-order valence-corrected chi connectivity index (χ4v) is 0.807. The lowest BCUT2D eigenvalue weighted by molar-refractivity contribution is 0.516. The van der Waals surface area contributed by atoms with Gasteiger partial charge in [0.1, 0.15) is 0 Å². The molecule has 0 aliphatic rings. The van der Waals surface area contributed by atoms with E-state index in [9.17, 15) is 0 Å². The maximum atomic E-state index is 3.70. The van der Waals surface area contributed by atoms with Crippen molar-refractivity contribution in [3.05, 3.63) is 36.7 Å². The van der Waals surface area contributed by atoms with E-state index in [0.29, 0.717) is 0 Å². The van der Waals surface area contributed by atoms with Crippen molar-refractivity contribution in [2.45, 2.75) is 20.8 Å². The number of rotatable bonds is 4. The first-order valence-corrected chi connectivity index (χ1v) is 3.89. The standard InChI is InChI=1S/C10H17N/c1-5-8-11(9-6-2)10(4)7-3/h5-7,9H,1,8H2,2-4H3. The molecule has 0 aromatic rings. The summed E-state index contributed by atoms with van der Waals surface area (Å²) in [5.74, 6) is 0. The van der Waals surface area contributed by atoms with Gasteiger partial charge >= 0.3 is 0 Å². The molecule has 0 bridgehead atoms. The third kappa shape index (κ3) is 3.66. The molecule has 0 atom stereocenters. The average molecular weight is 151 g/mol. The van der Waals surface area contributed by atoms with Crippen molar-refractivity contribution in [1.29, 1.82) is 0 Å². The molecule has 0 aliphatic carbocycles. The summed E-state index contributed by atoms with van der Waals surface area (Å²) in [6.07, 6.45) is 8.06. The lowest BCUT2D eigenvalue weighted by atomic mass is 10.4. The molecule has 0 saturated heterocycles. The summed E-state index contributed by atoms with van der Waals surface area (Å²) in [6.45, 7) is 10.7. The van der Waals surface area contributed by atoms with Crippen LogP contribution in [-0.4, -0.2) is 11.4 Å². The molecule has 0 unspecified atom stereocenters. The van der Waals surface area contributed by atoms with Crippen molar-refractivity contribution in [2.24, 2.45) is 0 Å². The fraction of sp³-hybridized carbons (Fsp3) is 0.400. The van der Waals surface area contributed by atoms with Gasteiger partial charge in [0.2, 0.25) is 0 Å². The molecule has 0 radical (unpaired) electrons. The quantitative estimate of drug-likeness (QED) is 0.558. The van der Waals surface area contributed by atoms with Gasteiger partial charge < -0.3 is 4.90 Å². The first-order chi connectivity index (χ1) is 5.26. The molecule has 62 valence electrons. The summed E-state index contributed by atoms with van der Waals surface area (Å²) in [7, 11) is 0. The van der Waals surface area contributed by atoms with Crippen LogP contribution in [-0.2, 0) is 0 Å². The van der Waals surface area contributed by atoms with Gasteiger partial charge in [-0.15, -0.1) is 6.58 Å². The lowest BCUT2D eigenvalue weighted by Gasteiger charge is -2.18. The zero-order chi connectivity index (χ0) is 8.69. The predicted octanol–water partition coefficient (Wildman–Crippen LogP) is 2.93. The zero-order valence-electron chi connectivity index (χ0n) is 7.67. The second-order valence-corrected chi connectivity index (χ2v) is 2.35. The summed E-state index contributed by atoms with van der Waals surface area (Å²) in [6, 6.07) is 0. The van der Waals surface area contributed by atoms with Crippen LogP contribution >= 0.6 is 0 Å². The van der Waals surface area contributed by atoms with Crippen molar-refractivity contribution in [2.75, 3.05) is 6.54 Å². The Bertz CT molecular complexity index is 166. The Morgan fingerprint density at radius 2 is 2.09 bits per heavy atom. The van der Waals surface area contributed by atoms with E-state index in [1.807, 2.05) is 26.0 Å². The molecular weight excluding hydrogens is 134 g/mol. The second-order valence-electron chi connectivity index (χ2n) is 2.35. The van der Waals surface area contributed by atoms with Gasteiger partial charge in [-0.05, 0) is 27.0 Å². The normalized spacial score (nSPS) is 12.1. The number of hydrogen-bond donors (Lipinski definition) is 0. The summed E-state index contributed by atoms with van der Waals surface area (Å²) >= 11 is 0. The van der Waals surface area contributed by atoms with Gasteiger partial charge in [0.15, 0.2) is 0 Å². The fourth-order valence-electron chi connectivity index (χ4n) is 0.807. The molecule has 1 nitrogen and oxygen atoms in total. The molecule has 0 N–H and O–H groups in total. The second kappa shape index (κ2) is 5.78. The average Bonchev–Trinajstić information content (AvgIpc) is 2.03. The van der Waals surface area contributed by atoms with E-state index in [0.717, 1.165) is 6.54 Å². The molecule has 0 rings (SSSR count). The van der Waals surface area contributed by atoms with Crippen LogP contribution in [0.3, 0.4) is 0 Å². The topological polar surface area (TPSA) is 3.24 Å². The Labute approximate surface area is 69.7 Å². The third-order valence-corrected chi connectivity index (χ3v) is 1.53. The number of hydrogen-bond acceptors (Lipinski definition) is 1. The van der Waals surface area contributed by atoms with Crippen LogP contribution in [0.5, 0.6) is 0 Å². The Morgan fingerprint density at radius 1 is 1.45 bits per heavy atom. The number of nitrogens with zero attached hydrogens (tertiary/aromatic N) is 1. The third-order valence-electron chi connectivity index (χ3n) is 1.53. The molecule has 0 amide bonds. The number of allylic oxidation sites excluding steroid dienone is 3. The molecule has 0 heterocycles. The minimum atomic E-state index is 0.876. The van der Waals surface area contributed by atoms with Gasteiger partial charge in [-0.1, -0.05) is 18.2 Å². The largest absolute Gasteiger partial charge is 0.349 e. The summed E-state index contributed by atoms with van der Waals surface area (Å²) in [5, 5.41) is 0.